The highest BCUT2D eigenvalue weighted by Gasteiger charge is 2.50. The number of amides is 1. The van der Waals surface area contributed by atoms with Gasteiger partial charge in [-0.05, 0) is 38.4 Å². The van der Waals surface area contributed by atoms with Crippen molar-refractivity contribution in [3.8, 4) is 0 Å². The first kappa shape index (κ1) is 13.9. The average Bonchev–Trinajstić information content (AvgIpc) is 2.97. The van der Waals surface area contributed by atoms with Gasteiger partial charge < -0.3 is 0 Å². The van der Waals surface area contributed by atoms with E-state index in [2.05, 4.69) is 36.1 Å². The molecule has 1 aromatic carbocycles. The summed E-state index contributed by atoms with van der Waals surface area (Å²) in [5.74, 6) is 0.714. The fourth-order valence-electron chi connectivity index (χ4n) is 4.28. The molecule has 2 unspecified atom stereocenters. The summed E-state index contributed by atoms with van der Waals surface area (Å²) in [6, 6.07) is 8.92. The SMILES string of the molecule is CCC(=O)N1N=C2C3CCN(CC3)C2C1c1cccc(C)c1. The van der Waals surface area contributed by atoms with E-state index in [0.29, 0.717) is 18.4 Å². The number of carbonyl (C=O) groups is 1. The first-order chi connectivity index (χ1) is 10.7. The van der Waals surface area contributed by atoms with Crippen molar-refractivity contribution in [3.63, 3.8) is 0 Å². The molecule has 0 spiro atoms. The van der Waals surface area contributed by atoms with Gasteiger partial charge in [-0.15, -0.1) is 0 Å². The van der Waals surface area contributed by atoms with Gasteiger partial charge in [0.1, 0.15) is 6.04 Å². The number of piperidine rings is 3. The van der Waals surface area contributed by atoms with Crippen LogP contribution in [-0.2, 0) is 4.79 Å². The van der Waals surface area contributed by atoms with E-state index in [1.54, 1.807) is 5.01 Å². The smallest absolute Gasteiger partial charge is 0.243 e. The first-order valence-electron chi connectivity index (χ1n) is 8.40. The van der Waals surface area contributed by atoms with E-state index in [-0.39, 0.29) is 11.9 Å². The van der Waals surface area contributed by atoms with Crippen LogP contribution in [0, 0.1) is 12.8 Å². The Morgan fingerprint density at radius 2 is 2.05 bits per heavy atom. The van der Waals surface area contributed by atoms with Crippen molar-refractivity contribution < 1.29 is 4.79 Å². The lowest BCUT2D eigenvalue weighted by Crippen LogP contribution is -2.56. The summed E-state index contributed by atoms with van der Waals surface area (Å²) < 4.78 is 0. The Hall–Kier alpha value is -1.68. The Morgan fingerprint density at radius 3 is 2.73 bits per heavy atom. The quantitative estimate of drug-likeness (QED) is 0.841. The van der Waals surface area contributed by atoms with Gasteiger partial charge in [0, 0.05) is 12.3 Å². The van der Waals surface area contributed by atoms with Crippen molar-refractivity contribution in [1.82, 2.24) is 9.91 Å². The zero-order chi connectivity index (χ0) is 15.3. The minimum absolute atomic E-state index is 0.0606. The minimum atomic E-state index is 0.0606. The molecule has 5 rings (SSSR count). The van der Waals surface area contributed by atoms with Crippen molar-refractivity contribution in [1.29, 1.82) is 0 Å². The van der Waals surface area contributed by atoms with Gasteiger partial charge in [0.05, 0.1) is 11.8 Å². The molecular weight excluding hydrogens is 274 g/mol. The third-order valence-corrected chi connectivity index (χ3v) is 5.37. The van der Waals surface area contributed by atoms with E-state index in [4.69, 9.17) is 5.10 Å². The van der Waals surface area contributed by atoms with Crippen LogP contribution in [0.4, 0.5) is 0 Å². The second kappa shape index (κ2) is 5.20. The molecule has 0 saturated carbocycles. The van der Waals surface area contributed by atoms with E-state index in [0.717, 1.165) is 13.1 Å². The largest absolute Gasteiger partial charge is 0.293 e. The normalized spacial score (nSPS) is 32.8. The van der Waals surface area contributed by atoms with E-state index in [1.165, 1.54) is 29.7 Å². The Morgan fingerprint density at radius 1 is 1.27 bits per heavy atom. The number of benzene rings is 1. The number of hydrogen-bond acceptors (Lipinski definition) is 3. The van der Waals surface area contributed by atoms with Crippen LogP contribution in [0.5, 0.6) is 0 Å². The van der Waals surface area contributed by atoms with Gasteiger partial charge in [0.2, 0.25) is 5.91 Å². The van der Waals surface area contributed by atoms with Crippen LogP contribution >= 0.6 is 0 Å². The van der Waals surface area contributed by atoms with Crippen molar-refractivity contribution in [3.05, 3.63) is 35.4 Å². The molecular formula is C18H23N3O. The summed E-state index contributed by atoms with van der Waals surface area (Å²) in [7, 11) is 0. The molecule has 4 nitrogen and oxygen atoms in total. The molecule has 1 aromatic rings. The maximum Gasteiger partial charge on any atom is 0.243 e. The molecule has 4 aliphatic rings. The van der Waals surface area contributed by atoms with Crippen molar-refractivity contribution in [2.45, 2.75) is 45.2 Å². The summed E-state index contributed by atoms with van der Waals surface area (Å²) in [6.45, 7) is 6.32. The van der Waals surface area contributed by atoms with Crippen LogP contribution in [0.25, 0.3) is 0 Å². The predicted molar refractivity (Wildman–Crippen MR) is 86.6 cm³/mol. The van der Waals surface area contributed by atoms with E-state index in [9.17, 15) is 4.79 Å². The number of carbonyl (C=O) groups excluding carboxylic acids is 1. The maximum absolute atomic E-state index is 12.5. The second-order valence-corrected chi connectivity index (χ2v) is 6.73. The number of rotatable bonds is 2. The number of aryl methyl sites for hydroxylation is 1. The summed E-state index contributed by atoms with van der Waals surface area (Å²) in [6.07, 6.45) is 2.91. The van der Waals surface area contributed by atoms with Gasteiger partial charge >= 0.3 is 0 Å². The molecule has 1 amide bonds. The predicted octanol–water partition coefficient (Wildman–Crippen LogP) is 2.74. The Kier molecular flexibility index (Phi) is 3.30. The van der Waals surface area contributed by atoms with Crippen LogP contribution in [-0.4, -0.2) is 40.7 Å². The lowest BCUT2D eigenvalue weighted by atomic mass is 9.78. The zero-order valence-corrected chi connectivity index (χ0v) is 13.3. The Labute approximate surface area is 131 Å². The van der Waals surface area contributed by atoms with Gasteiger partial charge in [0.15, 0.2) is 0 Å². The third kappa shape index (κ3) is 2.01. The molecule has 4 aliphatic heterocycles. The topological polar surface area (TPSA) is 35.9 Å². The molecule has 2 bridgehead atoms. The van der Waals surface area contributed by atoms with Crippen molar-refractivity contribution in [2.75, 3.05) is 13.1 Å². The van der Waals surface area contributed by atoms with E-state index in [1.807, 2.05) is 6.92 Å². The van der Waals surface area contributed by atoms with Crippen LogP contribution in [0.15, 0.2) is 29.4 Å². The lowest BCUT2D eigenvalue weighted by Gasteiger charge is -2.46. The molecule has 3 saturated heterocycles. The summed E-state index contributed by atoms with van der Waals surface area (Å²) in [5.41, 5.74) is 3.72. The van der Waals surface area contributed by atoms with Crippen LogP contribution < -0.4 is 0 Å². The number of hydrazone groups is 1. The highest BCUT2D eigenvalue weighted by molar-refractivity contribution is 5.97. The van der Waals surface area contributed by atoms with Crippen LogP contribution in [0.1, 0.15) is 43.4 Å². The second-order valence-electron chi connectivity index (χ2n) is 6.73. The standard InChI is InChI=1S/C18H23N3O/c1-3-15(22)21-17(14-6-4-5-12(2)11-14)18-16(19-21)13-7-9-20(18)10-8-13/h4-6,11,13,17-18H,3,7-10H2,1-2H3. The molecule has 0 aliphatic carbocycles. The number of hydrogen-bond donors (Lipinski definition) is 0. The molecule has 0 radical (unpaired) electrons. The van der Waals surface area contributed by atoms with Crippen LogP contribution in [0.3, 0.4) is 0 Å². The van der Waals surface area contributed by atoms with E-state index < -0.39 is 0 Å². The highest BCUT2D eigenvalue weighted by Crippen LogP contribution is 2.43. The third-order valence-electron chi connectivity index (χ3n) is 5.37. The van der Waals surface area contributed by atoms with Gasteiger partial charge in [0.25, 0.3) is 0 Å². The molecule has 0 N–H and O–H groups in total. The monoisotopic (exact) mass is 297 g/mol. The highest BCUT2D eigenvalue weighted by atomic mass is 16.2. The van der Waals surface area contributed by atoms with Crippen molar-refractivity contribution >= 4 is 11.6 Å². The minimum Gasteiger partial charge on any atom is -0.293 e. The fourth-order valence-corrected chi connectivity index (χ4v) is 4.28. The first-order valence-corrected chi connectivity index (χ1v) is 8.40. The molecule has 22 heavy (non-hydrogen) atoms. The average molecular weight is 297 g/mol. The van der Waals surface area contributed by atoms with Gasteiger partial charge in [-0.25, -0.2) is 5.01 Å². The molecule has 4 heteroatoms. The van der Waals surface area contributed by atoms with Gasteiger partial charge in [-0.1, -0.05) is 36.8 Å². The fraction of sp³-hybridized carbons (Fsp3) is 0.556. The molecule has 0 aromatic heterocycles. The number of nitrogens with zero attached hydrogens (tertiary/aromatic N) is 3. The van der Waals surface area contributed by atoms with Gasteiger partial charge in [-0.2, -0.15) is 5.10 Å². The van der Waals surface area contributed by atoms with Gasteiger partial charge in [-0.3, -0.25) is 9.69 Å². The zero-order valence-electron chi connectivity index (χ0n) is 13.3. The Balaban J connectivity index is 1.78. The molecule has 116 valence electrons. The van der Waals surface area contributed by atoms with E-state index >= 15 is 0 Å². The Bertz CT molecular complexity index is 631. The molecule has 3 fully saturated rings. The van der Waals surface area contributed by atoms with Crippen LogP contribution in [0.2, 0.25) is 0 Å². The summed E-state index contributed by atoms with van der Waals surface area (Å²) in [5, 5.41) is 6.59. The number of fused-ring (bicyclic) bond motifs is 2. The lowest BCUT2D eigenvalue weighted by molar-refractivity contribution is -0.133. The maximum atomic E-state index is 12.5. The molecule has 4 heterocycles. The summed E-state index contributed by atoms with van der Waals surface area (Å²) >= 11 is 0. The molecule has 2 atom stereocenters. The van der Waals surface area contributed by atoms with Crippen molar-refractivity contribution in [2.24, 2.45) is 11.0 Å². The summed E-state index contributed by atoms with van der Waals surface area (Å²) in [4.78, 5) is 15.0.